The normalized spacial score (nSPS) is 17.8. The molecule has 2 rings (SSSR count). The Morgan fingerprint density at radius 2 is 1.90 bits per heavy atom. The number of hydrogen-bond acceptors (Lipinski definition) is 4. The highest BCUT2D eigenvalue weighted by molar-refractivity contribution is 5.43. The molecule has 0 saturated heterocycles. The van der Waals surface area contributed by atoms with Crippen molar-refractivity contribution in [2.24, 2.45) is 5.41 Å². The lowest BCUT2D eigenvalue weighted by atomic mass is 9.83. The van der Waals surface area contributed by atoms with Gasteiger partial charge in [0.2, 0.25) is 5.95 Å². The Bertz CT molecular complexity index is 482. The van der Waals surface area contributed by atoms with Gasteiger partial charge in [0.05, 0.1) is 0 Å². The van der Waals surface area contributed by atoms with Gasteiger partial charge >= 0.3 is 6.18 Å². The number of anilines is 2. The standard InChI is InChI=1S/C14H21F3N4/c1-3-13(6-4-5-7-13)9-19-11-8-10(14(15,16)17)20-12(18-2)21-11/h8H,3-7,9H2,1-2H3,(H2,18,19,20,21). The van der Waals surface area contributed by atoms with Crippen LogP contribution in [0.15, 0.2) is 6.07 Å². The third-order valence-corrected chi connectivity index (χ3v) is 4.30. The molecule has 21 heavy (non-hydrogen) atoms. The lowest BCUT2D eigenvalue weighted by Crippen LogP contribution is -2.26. The second kappa shape index (κ2) is 6.07. The van der Waals surface area contributed by atoms with Crippen LogP contribution in [0.2, 0.25) is 0 Å². The van der Waals surface area contributed by atoms with Crippen LogP contribution in [0.1, 0.15) is 44.7 Å². The topological polar surface area (TPSA) is 49.8 Å². The first-order valence-electron chi connectivity index (χ1n) is 7.26. The third kappa shape index (κ3) is 3.77. The summed E-state index contributed by atoms with van der Waals surface area (Å²) in [7, 11) is 1.50. The van der Waals surface area contributed by atoms with Crippen molar-refractivity contribution in [2.75, 3.05) is 24.2 Å². The lowest BCUT2D eigenvalue weighted by Gasteiger charge is -2.28. The number of alkyl halides is 3. The summed E-state index contributed by atoms with van der Waals surface area (Å²) in [5.74, 6) is 0.200. The highest BCUT2D eigenvalue weighted by Crippen LogP contribution is 2.41. The first-order chi connectivity index (χ1) is 9.88. The van der Waals surface area contributed by atoms with Crippen molar-refractivity contribution in [2.45, 2.75) is 45.2 Å². The van der Waals surface area contributed by atoms with Crippen LogP contribution in [0.3, 0.4) is 0 Å². The molecule has 1 aliphatic carbocycles. The zero-order valence-electron chi connectivity index (χ0n) is 12.3. The van der Waals surface area contributed by atoms with Gasteiger partial charge in [-0.2, -0.15) is 18.2 Å². The molecule has 1 aliphatic rings. The zero-order valence-corrected chi connectivity index (χ0v) is 12.3. The summed E-state index contributed by atoms with van der Waals surface area (Å²) in [5.41, 5.74) is -0.746. The molecule has 1 aromatic rings. The molecule has 2 N–H and O–H groups in total. The first-order valence-corrected chi connectivity index (χ1v) is 7.26. The van der Waals surface area contributed by atoms with E-state index in [4.69, 9.17) is 0 Å². The number of hydrogen-bond donors (Lipinski definition) is 2. The van der Waals surface area contributed by atoms with Crippen molar-refractivity contribution in [1.82, 2.24) is 9.97 Å². The van der Waals surface area contributed by atoms with Crippen molar-refractivity contribution in [3.05, 3.63) is 11.8 Å². The van der Waals surface area contributed by atoms with Crippen LogP contribution in [-0.4, -0.2) is 23.6 Å². The SMILES string of the molecule is CCC1(CNc2cc(C(F)(F)F)nc(NC)n2)CCCC1. The van der Waals surface area contributed by atoms with Gasteiger partial charge in [-0.05, 0) is 24.7 Å². The fourth-order valence-electron chi connectivity index (χ4n) is 2.85. The first kappa shape index (κ1) is 15.9. The molecule has 0 radical (unpaired) electrons. The second-order valence-electron chi connectivity index (χ2n) is 5.62. The van der Waals surface area contributed by atoms with E-state index in [1.807, 2.05) is 0 Å². The zero-order chi connectivity index (χ0) is 15.5. The molecular weight excluding hydrogens is 281 g/mol. The van der Waals surface area contributed by atoms with Crippen LogP contribution in [0.5, 0.6) is 0 Å². The Labute approximate surface area is 122 Å². The highest BCUT2D eigenvalue weighted by Gasteiger charge is 2.35. The van der Waals surface area contributed by atoms with Gasteiger partial charge in [-0.1, -0.05) is 19.8 Å². The van der Waals surface area contributed by atoms with E-state index in [0.717, 1.165) is 25.3 Å². The van der Waals surface area contributed by atoms with Crippen LogP contribution < -0.4 is 10.6 Å². The predicted molar refractivity (Wildman–Crippen MR) is 76.3 cm³/mol. The molecule has 0 aromatic carbocycles. The number of nitrogens with one attached hydrogen (secondary N) is 2. The number of halogens is 3. The predicted octanol–water partition coefficient (Wildman–Crippen LogP) is 3.92. The summed E-state index contributed by atoms with van der Waals surface area (Å²) in [5, 5.41) is 5.64. The molecule has 4 nitrogen and oxygen atoms in total. The Kier molecular flexibility index (Phi) is 4.58. The minimum Gasteiger partial charge on any atom is -0.369 e. The van der Waals surface area contributed by atoms with E-state index in [2.05, 4.69) is 27.5 Å². The van der Waals surface area contributed by atoms with Gasteiger partial charge in [-0.25, -0.2) is 4.98 Å². The van der Waals surface area contributed by atoms with Gasteiger partial charge in [0.15, 0.2) is 5.69 Å². The van der Waals surface area contributed by atoms with Gasteiger partial charge in [-0.15, -0.1) is 0 Å². The minimum absolute atomic E-state index is 0.0238. The summed E-state index contributed by atoms with van der Waals surface area (Å²) in [6.07, 6.45) is 1.17. The van der Waals surface area contributed by atoms with E-state index in [1.165, 1.54) is 19.9 Å². The Hall–Kier alpha value is -1.53. The average molecular weight is 302 g/mol. The molecule has 1 aromatic heterocycles. The molecule has 118 valence electrons. The van der Waals surface area contributed by atoms with Crippen molar-refractivity contribution in [3.63, 3.8) is 0 Å². The van der Waals surface area contributed by atoms with Crippen molar-refractivity contribution >= 4 is 11.8 Å². The van der Waals surface area contributed by atoms with Crippen LogP contribution in [-0.2, 0) is 6.18 Å². The van der Waals surface area contributed by atoms with Gasteiger partial charge < -0.3 is 10.6 Å². The molecule has 1 fully saturated rings. The molecule has 0 aliphatic heterocycles. The Morgan fingerprint density at radius 1 is 1.24 bits per heavy atom. The van der Waals surface area contributed by atoms with Gasteiger partial charge in [-0.3, -0.25) is 0 Å². The van der Waals surface area contributed by atoms with E-state index in [1.54, 1.807) is 0 Å². The van der Waals surface area contributed by atoms with Gasteiger partial charge in [0.1, 0.15) is 5.82 Å². The maximum atomic E-state index is 12.8. The molecule has 1 heterocycles. The third-order valence-electron chi connectivity index (χ3n) is 4.30. The molecule has 0 atom stereocenters. The summed E-state index contributed by atoms with van der Waals surface area (Å²) in [6, 6.07) is 0.971. The van der Waals surface area contributed by atoms with E-state index in [9.17, 15) is 13.2 Å². The number of rotatable bonds is 5. The lowest BCUT2D eigenvalue weighted by molar-refractivity contribution is -0.141. The number of nitrogens with zero attached hydrogens (tertiary/aromatic N) is 2. The molecule has 0 unspecified atom stereocenters. The van der Waals surface area contributed by atoms with Crippen molar-refractivity contribution < 1.29 is 13.2 Å². The van der Waals surface area contributed by atoms with Crippen LogP contribution in [0.4, 0.5) is 24.9 Å². The maximum absolute atomic E-state index is 12.8. The largest absolute Gasteiger partial charge is 0.433 e. The summed E-state index contributed by atoms with van der Waals surface area (Å²) in [6.45, 7) is 2.79. The monoisotopic (exact) mass is 302 g/mol. The molecule has 0 spiro atoms. The van der Waals surface area contributed by atoms with E-state index in [-0.39, 0.29) is 17.2 Å². The fraction of sp³-hybridized carbons (Fsp3) is 0.714. The van der Waals surface area contributed by atoms with E-state index < -0.39 is 11.9 Å². The maximum Gasteiger partial charge on any atom is 0.433 e. The Morgan fingerprint density at radius 3 is 2.43 bits per heavy atom. The van der Waals surface area contributed by atoms with E-state index in [0.29, 0.717) is 6.54 Å². The van der Waals surface area contributed by atoms with Crippen molar-refractivity contribution in [1.29, 1.82) is 0 Å². The van der Waals surface area contributed by atoms with Crippen LogP contribution in [0.25, 0.3) is 0 Å². The van der Waals surface area contributed by atoms with Crippen LogP contribution >= 0.6 is 0 Å². The molecule has 7 heteroatoms. The molecular formula is C14H21F3N4. The molecule has 0 amide bonds. The van der Waals surface area contributed by atoms with Crippen LogP contribution in [0, 0.1) is 5.41 Å². The highest BCUT2D eigenvalue weighted by atomic mass is 19.4. The van der Waals surface area contributed by atoms with Crippen molar-refractivity contribution in [3.8, 4) is 0 Å². The summed E-state index contributed by atoms with van der Waals surface area (Å²) < 4.78 is 38.5. The summed E-state index contributed by atoms with van der Waals surface area (Å²) in [4.78, 5) is 7.51. The van der Waals surface area contributed by atoms with Gasteiger partial charge in [0.25, 0.3) is 0 Å². The van der Waals surface area contributed by atoms with Gasteiger partial charge in [0, 0.05) is 19.7 Å². The number of aromatic nitrogens is 2. The molecule has 1 saturated carbocycles. The smallest absolute Gasteiger partial charge is 0.369 e. The second-order valence-corrected chi connectivity index (χ2v) is 5.62. The Balaban J connectivity index is 2.15. The van der Waals surface area contributed by atoms with E-state index >= 15 is 0 Å². The quantitative estimate of drug-likeness (QED) is 0.865. The minimum atomic E-state index is -4.47. The summed E-state index contributed by atoms with van der Waals surface area (Å²) >= 11 is 0. The molecule has 0 bridgehead atoms. The fourth-order valence-corrected chi connectivity index (χ4v) is 2.85. The average Bonchev–Trinajstić information content (AvgIpc) is 2.93.